The van der Waals surface area contributed by atoms with E-state index in [-0.39, 0.29) is 18.9 Å². The van der Waals surface area contributed by atoms with Gasteiger partial charge in [-0.2, -0.15) is 15.5 Å². The number of rotatable bonds is 7. The molecule has 3 aromatic heterocycles. The van der Waals surface area contributed by atoms with Gasteiger partial charge in [-0.05, 0) is 6.07 Å². The average Bonchev–Trinajstić information content (AvgIpc) is 3.34. The number of carbonyl (C=O) groups is 1. The van der Waals surface area contributed by atoms with Crippen LogP contribution in [0.25, 0.3) is 11.3 Å². The van der Waals surface area contributed by atoms with E-state index in [9.17, 15) is 10.1 Å². The first-order valence-electron chi connectivity index (χ1n) is 9.31. The van der Waals surface area contributed by atoms with E-state index in [1.54, 1.807) is 38.9 Å². The van der Waals surface area contributed by atoms with Crippen LogP contribution in [0, 0.1) is 11.3 Å². The van der Waals surface area contributed by atoms with Crippen LogP contribution in [0.2, 0.25) is 0 Å². The molecule has 1 amide bonds. The summed E-state index contributed by atoms with van der Waals surface area (Å²) in [6, 6.07) is 4.01. The number of anilines is 2. The second-order valence-corrected chi connectivity index (χ2v) is 7.21. The third-order valence-electron chi connectivity index (χ3n) is 4.98. The molecule has 4 rings (SSSR count). The maximum Gasteiger partial charge on any atom is 0.248 e. The summed E-state index contributed by atoms with van der Waals surface area (Å²) in [7, 11) is 3.32. The SMILES string of the molecule is COCC(=O)N1CC(CC#N)(n2cc(-c3ccnc(Nc4cnn(C)c4)n3)cn2)C1. The molecule has 4 heterocycles. The fraction of sp³-hybridized carbons (Fsp3) is 0.368. The Morgan fingerprint density at radius 3 is 2.87 bits per heavy atom. The summed E-state index contributed by atoms with van der Waals surface area (Å²) in [5.74, 6) is 0.348. The molecule has 0 aliphatic carbocycles. The van der Waals surface area contributed by atoms with Gasteiger partial charge >= 0.3 is 0 Å². The molecule has 1 aliphatic heterocycles. The van der Waals surface area contributed by atoms with Crippen LogP contribution in [0.4, 0.5) is 11.6 Å². The quantitative estimate of drug-likeness (QED) is 0.612. The largest absolute Gasteiger partial charge is 0.375 e. The van der Waals surface area contributed by atoms with Gasteiger partial charge in [-0.3, -0.25) is 14.2 Å². The third-order valence-corrected chi connectivity index (χ3v) is 4.98. The van der Waals surface area contributed by atoms with Crippen molar-refractivity contribution in [2.24, 2.45) is 7.05 Å². The smallest absolute Gasteiger partial charge is 0.248 e. The monoisotopic (exact) mass is 407 g/mol. The highest BCUT2D eigenvalue weighted by molar-refractivity contribution is 5.78. The molecule has 0 atom stereocenters. The lowest BCUT2D eigenvalue weighted by Crippen LogP contribution is -2.64. The summed E-state index contributed by atoms with van der Waals surface area (Å²) < 4.78 is 8.35. The Balaban J connectivity index is 1.53. The van der Waals surface area contributed by atoms with Gasteiger partial charge in [0.15, 0.2) is 0 Å². The third kappa shape index (κ3) is 3.72. The molecule has 11 nitrogen and oxygen atoms in total. The number of hydrogen-bond acceptors (Lipinski definition) is 8. The van der Waals surface area contributed by atoms with Crippen molar-refractivity contribution in [1.82, 2.24) is 34.4 Å². The summed E-state index contributed by atoms with van der Waals surface area (Å²) in [6.45, 7) is 0.865. The lowest BCUT2D eigenvalue weighted by Gasteiger charge is -2.48. The van der Waals surface area contributed by atoms with Crippen molar-refractivity contribution in [3.8, 4) is 17.3 Å². The Hall–Kier alpha value is -3.78. The molecule has 3 aromatic rings. The summed E-state index contributed by atoms with van der Waals surface area (Å²) >= 11 is 0. The van der Waals surface area contributed by atoms with E-state index in [2.05, 4.69) is 31.6 Å². The van der Waals surface area contributed by atoms with Crippen LogP contribution in [-0.4, -0.2) is 67.1 Å². The molecule has 0 saturated carbocycles. The maximum absolute atomic E-state index is 12.0. The molecule has 0 aromatic carbocycles. The minimum atomic E-state index is -0.541. The van der Waals surface area contributed by atoms with Crippen molar-refractivity contribution >= 4 is 17.5 Å². The van der Waals surface area contributed by atoms with Gasteiger partial charge in [0.2, 0.25) is 11.9 Å². The zero-order chi connectivity index (χ0) is 21.1. The number of nitriles is 1. The average molecular weight is 407 g/mol. The van der Waals surface area contributed by atoms with E-state index in [1.807, 2.05) is 19.4 Å². The first-order valence-corrected chi connectivity index (χ1v) is 9.31. The lowest BCUT2D eigenvalue weighted by molar-refractivity contribution is -0.146. The van der Waals surface area contributed by atoms with Crippen molar-refractivity contribution in [2.75, 3.05) is 32.1 Å². The Labute approximate surface area is 172 Å². The van der Waals surface area contributed by atoms with Gasteiger partial charge in [0.1, 0.15) is 12.1 Å². The molecular weight excluding hydrogens is 386 g/mol. The molecule has 1 saturated heterocycles. The van der Waals surface area contributed by atoms with E-state index >= 15 is 0 Å². The Morgan fingerprint density at radius 2 is 2.17 bits per heavy atom. The number of aryl methyl sites for hydroxylation is 1. The normalized spacial score (nSPS) is 14.8. The minimum absolute atomic E-state index is 0.0284. The summed E-state index contributed by atoms with van der Waals surface area (Å²) in [5, 5.41) is 21.0. The molecule has 1 aliphatic rings. The Morgan fingerprint density at radius 1 is 1.33 bits per heavy atom. The van der Waals surface area contributed by atoms with Crippen LogP contribution in [0.3, 0.4) is 0 Å². The van der Waals surface area contributed by atoms with Crippen molar-refractivity contribution in [1.29, 1.82) is 5.26 Å². The molecule has 154 valence electrons. The lowest BCUT2D eigenvalue weighted by atomic mass is 9.86. The molecule has 11 heteroatoms. The molecule has 0 radical (unpaired) electrons. The molecular formula is C19H21N9O2. The van der Waals surface area contributed by atoms with Crippen molar-refractivity contribution in [3.63, 3.8) is 0 Å². The summed E-state index contributed by atoms with van der Waals surface area (Å²) in [4.78, 5) is 22.5. The molecule has 1 N–H and O–H groups in total. The fourth-order valence-electron chi connectivity index (χ4n) is 3.45. The minimum Gasteiger partial charge on any atom is -0.375 e. The highest BCUT2D eigenvalue weighted by Crippen LogP contribution is 2.33. The Kier molecular flexibility index (Phi) is 5.16. The van der Waals surface area contributed by atoms with Gasteiger partial charge in [0, 0.05) is 51.4 Å². The number of carbonyl (C=O) groups excluding carboxylic acids is 1. The second-order valence-electron chi connectivity index (χ2n) is 7.21. The summed E-state index contributed by atoms with van der Waals surface area (Å²) in [6.07, 6.45) is 8.99. The van der Waals surface area contributed by atoms with Crippen LogP contribution in [0.15, 0.2) is 37.1 Å². The molecule has 30 heavy (non-hydrogen) atoms. The number of ether oxygens (including phenoxy) is 1. The number of methoxy groups -OCH3 is 1. The predicted octanol–water partition coefficient (Wildman–Crippen LogP) is 0.915. The first-order chi connectivity index (χ1) is 14.5. The molecule has 0 unspecified atom stereocenters. The zero-order valence-electron chi connectivity index (χ0n) is 16.7. The predicted molar refractivity (Wildman–Crippen MR) is 106 cm³/mol. The van der Waals surface area contributed by atoms with E-state index < -0.39 is 5.54 Å². The van der Waals surface area contributed by atoms with E-state index in [4.69, 9.17) is 4.74 Å². The first kappa shape index (κ1) is 19.5. The second kappa shape index (κ2) is 7.92. The van der Waals surface area contributed by atoms with Crippen LogP contribution < -0.4 is 5.32 Å². The molecule has 0 bridgehead atoms. The van der Waals surface area contributed by atoms with Crippen molar-refractivity contribution < 1.29 is 9.53 Å². The van der Waals surface area contributed by atoms with Gasteiger partial charge in [-0.25, -0.2) is 9.97 Å². The van der Waals surface area contributed by atoms with Crippen molar-refractivity contribution in [2.45, 2.75) is 12.0 Å². The molecule has 1 fully saturated rings. The van der Waals surface area contributed by atoms with Gasteiger partial charge in [-0.15, -0.1) is 0 Å². The Bertz CT molecular complexity index is 1090. The highest BCUT2D eigenvalue weighted by Gasteiger charge is 2.47. The topological polar surface area (TPSA) is 127 Å². The fourth-order valence-corrected chi connectivity index (χ4v) is 3.45. The van der Waals surface area contributed by atoms with Crippen LogP contribution in [0.1, 0.15) is 6.42 Å². The van der Waals surface area contributed by atoms with Crippen molar-refractivity contribution in [3.05, 3.63) is 37.1 Å². The number of nitrogens with zero attached hydrogens (tertiary/aromatic N) is 8. The number of hydrogen-bond donors (Lipinski definition) is 1. The van der Waals surface area contributed by atoms with E-state index in [0.29, 0.717) is 24.7 Å². The van der Waals surface area contributed by atoms with E-state index in [1.165, 1.54) is 7.11 Å². The van der Waals surface area contributed by atoms with Crippen LogP contribution >= 0.6 is 0 Å². The van der Waals surface area contributed by atoms with Gasteiger partial charge in [0.05, 0.1) is 36.3 Å². The number of nitrogens with one attached hydrogen (secondary N) is 1. The summed E-state index contributed by atoms with van der Waals surface area (Å²) in [5.41, 5.74) is 1.74. The van der Waals surface area contributed by atoms with Crippen LogP contribution in [0.5, 0.6) is 0 Å². The van der Waals surface area contributed by atoms with Crippen LogP contribution in [-0.2, 0) is 22.1 Å². The number of amides is 1. The number of likely N-dealkylation sites (tertiary alicyclic amines) is 1. The maximum atomic E-state index is 12.0. The van der Waals surface area contributed by atoms with E-state index in [0.717, 1.165) is 11.3 Å². The standard InChI is InChI=1S/C19H21N9O2/c1-26-10-15(8-22-26)24-18-21-6-3-16(25-18)14-7-23-28(9-14)19(4-5-20)12-27(13-19)17(29)11-30-2/h3,6-10H,4,11-13H2,1-2H3,(H,21,24,25). The number of aromatic nitrogens is 6. The van der Waals surface area contributed by atoms with Gasteiger partial charge < -0.3 is 15.0 Å². The van der Waals surface area contributed by atoms with Gasteiger partial charge in [0.25, 0.3) is 0 Å². The van der Waals surface area contributed by atoms with Gasteiger partial charge in [-0.1, -0.05) is 0 Å². The zero-order valence-corrected chi connectivity index (χ0v) is 16.7. The molecule has 0 spiro atoms. The highest BCUT2D eigenvalue weighted by atomic mass is 16.5.